The van der Waals surface area contributed by atoms with Crippen LogP contribution in [0.3, 0.4) is 0 Å². The molecule has 0 aliphatic rings. The first-order chi connectivity index (χ1) is 11.3. The first kappa shape index (κ1) is 17.6. The molecule has 0 saturated heterocycles. The fraction of sp³-hybridized carbons (Fsp3) is 0.250. The second kappa shape index (κ2) is 7.20. The SMILES string of the molecule is CCOC(=O)c1c(OCc2ccccc2)cc(C(F)(F)F)nc1N. The fourth-order valence-corrected chi connectivity index (χ4v) is 1.94. The molecule has 1 aromatic carbocycles. The smallest absolute Gasteiger partial charge is 0.433 e. The summed E-state index contributed by atoms with van der Waals surface area (Å²) in [7, 11) is 0. The van der Waals surface area contributed by atoms with Crippen molar-refractivity contribution in [2.75, 3.05) is 12.3 Å². The Bertz CT molecular complexity index is 718. The summed E-state index contributed by atoms with van der Waals surface area (Å²) in [6.07, 6.45) is -4.72. The number of carbonyl (C=O) groups is 1. The highest BCUT2D eigenvalue weighted by Gasteiger charge is 2.35. The van der Waals surface area contributed by atoms with Crippen molar-refractivity contribution in [2.24, 2.45) is 0 Å². The van der Waals surface area contributed by atoms with Crippen molar-refractivity contribution in [3.05, 3.63) is 53.2 Å². The summed E-state index contributed by atoms with van der Waals surface area (Å²) >= 11 is 0. The van der Waals surface area contributed by atoms with E-state index in [4.69, 9.17) is 15.2 Å². The molecule has 0 saturated carbocycles. The van der Waals surface area contributed by atoms with E-state index in [0.717, 1.165) is 5.56 Å². The van der Waals surface area contributed by atoms with E-state index in [1.807, 2.05) is 0 Å². The van der Waals surface area contributed by atoms with E-state index in [1.54, 1.807) is 37.3 Å². The number of alkyl halides is 3. The molecule has 0 fully saturated rings. The van der Waals surface area contributed by atoms with Crippen molar-refractivity contribution in [3.63, 3.8) is 0 Å². The summed E-state index contributed by atoms with van der Waals surface area (Å²) in [6, 6.07) is 9.42. The Kier molecular flexibility index (Phi) is 5.28. The second-order valence-corrected chi connectivity index (χ2v) is 4.76. The van der Waals surface area contributed by atoms with Gasteiger partial charge in [0.2, 0.25) is 0 Å². The van der Waals surface area contributed by atoms with Gasteiger partial charge < -0.3 is 15.2 Å². The number of halogens is 3. The number of nitrogen functional groups attached to an aromatic ring is 1. The molecule has 128 valence electrons. The van der Waals surface area contributed by atoms with Crippen LogP contribution in [0.25, 0.3) is 0 Å². The normalized spacial score (nSPS) is 11.2. The molecule has 0 atom stereocenters. The third kappa shape index (κ3) is 4.15. The van der Waals surface area contributed by atoms with E-state index in [1.165, 1.54) is 0 Å². The van der Waals surface area contributed by atoms with Crippen LogP contribution in [0.1, 0.15) is 28.5 Å². The quantitative estimate of drug-likeness (QED) is 0.844. The van der Waals surface area contributed by atoms with E-state index in [2.05, 4.69) is 4.98 Å². The summed E-state index contributed by atoms with van der Waals surface area (Å²) in [5.41, 5.74) is 4.69. The molecular weight excluding hydrogens is 325 g/mol. The maximum Gasteiger partial charge on any atom is 0.433 e. The molecule has 8 heteroatoms. The number of hydrogen-bond donors (Lipinski definition) is 1. The van der Waals surface area contributed by atoms with Crippen molar-refractivity contribution >= 4 is 11.8 Å². The molecule has 0 radical (unpaired) electrons. The molecule has 0 aliphatic carbocycles. The van der Waals surface area contributed by atoms with Gasteiger partial charge >= 0.3 is 12.1 Å². The molecular formula is C16H15F3N2O3. The first-order valence-corrected chi connectivity index (χ1v) is 7.04. The summed E-state index contributed by atoms with van der Waals surface area (Å²) in [4.78, 5) is 15.2. The minimum absolute atomic E-state index is 0.0337. The summed E-state index contributed by atoms with van der Waals surface area (Å²) in [6.45, 7) is 1.57. The number of rotatable bonds is 5. The van der Waals surface area contributed by atoms with Crippen LogP contribution in [-0.4, -0.2) is 17.6 Å². The Hall–Kier alpha value is -2.77. The van der Waals surface area contributed by atoms with E-state index in [0.29, 0.717) is 6.07 Å². The molecule has 0 amide bonds. The summed E-state index contributed by atoms with van der Waals surface area (Å²) in [5, 5.41) is 0. The van der Waals surface area contributed by atoms with Gasteiger partial charge in [-0.2, -0.15) is 13.2 Å². The van der Waals surface area contributed by atoms with Gasteiger partial charge in [0.25, 0.3) is 0 Å². The lowest BCUT2D eigenvalue weighted by Crippen LogP contribution is -2.16. The number of aromatic nitrogens is 1. The Morgan fingerprint density at radius 3 is 2.50 bits per heavy atom. The van der Waals surface area contributed by atoms with Crippen LogP contribution >= 0.6 is 0 Å². The number of carbonyl (C=O) groups excluding carboxylic acids is 1. The van der Waals surface area contributed by atoms with Crippen molar-refractivity contribution in [1.82, 2.24) is 4.98 Å². The van der Waals surface area contributed by atoms with Crippen molar-refractivity contribution in [2.45, 2.75) is 19.7 Å². The Balaban J connectivity index is 2.40. The van der Waals surface area contributed by atoms with Gasteiger partial charge in [0.15, 0.2) is 5.69 Å². The van der Waals surface area contributed by atoms with Gasteiger partial charge in [-0.05, 0) is 12.5 Å². The number of pyridine rings is 1. The molecule has 2 N–H and O–H groups in total. The van der Waals surface area contributed by atoms with E-state index >= 15 is 0 Å². The van der Waals surface area contributed by atoms with Gasteiger partial charge in [0.05, 0.1) is 6.61 Å². The third-order valence-corrected chi connectivity index (χ3v) is 3.02. The molecule has 1 heterocycles. The zero-order valence-electron chi connectivity index (χ0n) is 12.8. The van der Waals surface area contributed by atoms with E-state index in [-0.39, 0.29) is 24.5 Å². The number of esters is 1. The lowest BCUT2D eigenvalue weighted by Gasteiger charge is -2.15. The van der Waals surface area contributed by atoms with Crippen molar-refractivity contribution in [1.29, 1.82) is 0 Å². The standard InChI is InChI=1S/C16H15F3N2O3/c1-2-23-15(22)13-11(24-9-10-6-4-3-5-7-10)8-12(16(17,18)19)21-14(13)20/h3-8H,2,9H2,1H3,(H2,20,21). The zero-order valence-corrected chi connectivity index (χ0v) is 12.8. The van der Waals surface area contributed by atoms with Crippen LogP contribution in [0.2, 0.25) is 0 Å². The van der Waals surface area contributed by atoms with Gasteiger partial charge in [-0.25, -0.2) is 9.78 Å². The van der Waals surface area contributed by atoms with E-state index in [9.17, 15) is 18.0 Å². The van der Waals surface area contributed by atoms with Gasteiger partial charge in [-0.3, -0.25) is 0 Å². The zero-order chi connectivity index (χ0) is 17.7. The second-order valence-electron chi connectivity index (χ2n) is 4.76. The van der Waals surface area contributed by atoms with Crippen LogP contribution < -0.4 is 10.5 Å². The van der Waals surface area contributed by atoms with Crippen LogP contribution in [0.5, 0.6) is 5.75 Å². The van der Waals surface area contributed by atoms with Crippen LogP contribution in [0.4, 0.5) is 19.0 Å². The van der Waals surface area contributed by atoms with Crippen LogP contribution in [0.15, 0.2) is 36.4 Å². The Morgan fingerprint density at radius 1 is 1.25 bits per heavy atom. The molecule has 1 aromatic heterocycles. The Labute approximate surface area is 136 Å². The highest BCUT2D eigenvalue weighted by Crippen LogP contribution is 2.34. The maximum absolute atomic E-state index is 12.9. The predicted molar refractivity (Wildman–Crippen MR) is 80.4 cm³/mol. The third-order valence-electron chi connectivity index (χ3n) is 3.02. The maximum atomic E-state index is 12.9. The molecule has 5 nitrogen and oxygen atoms in total. The first-order valence-electron chi connectivity index (χ1n) is 7.04. The number of ether oxygens (including phenoxy) is 2. The predicted octanol–water partition coefficient (Wildman–Crippen LogP) is 3.44. The fourth-order valence-electron chi connectivity index (χ4n) is 1.94. The minimum Gasteiger partial charge on any atom is -0.488 e. The average molecular weight is 340 g/mol. The van der Waals surface area contributed by atoms with Crippen LogP contribution in [0, 0.1) is 0 Å². The molecule has 0 spiro atoms. The lowest BCUT2D eigenvalue weighted by atomic mass is 10.2. The number of nitrogens with zero attached hydrogens (tertiary/aromatic N) is 1. The Morgan fingerprint density at radius 2 is 1.92 bits per heavy atom. The number of hydrogen-bond acceptors (Lipinski definition) is 5. The monoisotopic (exact) mass is 340 g/mol. The molecule has 24 heavy (non-hydrogen) atoms. The lowest BCUT2D eigenvalue weighted by molar-refractivity contribution is -0.141. The van der Waals surface area contributed by atoms with Crippen LogP contribution in [-0.2, 0) is 17.5 Å². The topological polar surface area (TPSA) is 74.4 Å². The minimum atomic E-state index is -4.72. The number of anilines is 1. The largest absolute Gasteiger partial charge is 0.488 e. The molecule has 0 bridgehead atoms. The number of nitrogens with two attached hydrogens (primary N) is 1. The van der Waals surface area contributed by atoms with Gasteiger partial charge in [0.1, 0.15) is 23.7 Å². The van der Waals surface area contributed by atoms with Crippen molar-refractivity contribution in [3.8, 4) is 5.75 Å². The number of benzene rings is 1. The summed E-state index contributed by atoms with van der Waals surface area (Å²) in [5.74, 6) is -1.80. The summed E-state index contributed by atoms with van der Waals surface area (Å²) < 4.78 is 48.9. The van der Waals surface area contributed by atoms with Gasteiger partial charge in [-0.15, -0.1) is 0 Å². The molecule has 2 rings (SSSR count). The van der Waals surface area contributed by atoms with Gasteiger partial charge in [-0.1, -0.05) is 30.3 Å². The highest BCUT2D eigenvalue weighted by atomic mass is 19.4. The molecule has 2 aromatic rings. The average Bonchev–Trinajstić information content (AvgIpc) is 2.52. The highest BCUT2D eigenvalue weighted by molar-refractivity contribution is 5.97. The van der Waals surface area contributed by atoms with Crippen molar-refractivity contribution < 1.29 is 27.4 Å². The molecule has 0 unspecified atom stereocenters. The van der Waals surface area contributed by atoms with E-state index < -0.39 is 23.7 Å². The van der Waals surface area contributed by atoms with Gasteiger partial charge in [0, 0.05) is 6.07 Å². The molecule has 0 aliphatic heterocycles.